The molecule has 3 rings (SSSR count). The fourth-order valence-electron chi connectivity index (χ4n) is 2.48. The predicted octanol–water partition coefficient (Wildman–Crippen LogP) is 4.08. The van der Waals surface area contributed by atoms with E-state index in [1.54, 1.807) is 6.20 Å². The van der Waals surface area contributed by atoms with Crippen LogP contribution in [0.2, 0.25) is 5.02 Å². The molecule has 0 spiro atoms. The van der Waals surface area contributed by atoms with Crippen LogP contribution in [0.1, 0.15) is 34.5 Å². The lowest BCUT2D eigenvalue weighted by Gasteiger charge is -2.15. The van der Waals surface area contributed by atoms with Crippen molar-refractivity contribution in [1.29, 1.82) is 0 Å². The number of nitrogens with zero attached hydrogens (tertiary/aromatic N) is 2. The highest BCUT2D eigenvalue weighted by atomic mass is 35.5. The Balaban J connectivity index is 1.64. The smallest absolute Gasteiger partial charge is 0.251 e. The van der Waals surface area contributed by atoms with E-state index in [4.69, 9.17) is 11.6 Å². The normalized spacial score (nSPS) is 11.9. The fourth-order valence-corrected chi connectivity index (χ4v) is 2.68. The van der Waals surface area contributed by atoms with Crippen LogP contribution in [0.5, 0.6) is 0 Å². The number of hydrogen-bond acceptors (Lipinski definition) is 2. The SMILES string of the molecule is CC(NC(=O)c1ccc(Cn2cccn2)cc1)c1cccc(Cl)c1. The molecule has 0 aliphatic carbocycles. The molecule has 3 aromatic rings. The van der Waals surface area contributed by atoms with Crippen molar-refractivity contribution in [1.82, 2.24) is 15.1 Å². The zero-order chi connectivity index (χ0) is 16.9. The summed E-state index contributed by atoms with van der Waals surface area (Å²) in [6.07, 6.45) is 3.66. The minimum atomic E-state index is -0.111. The first kappa shape index (κ1) is 16.3. The third-order valence-electron chi connectivity index (χ3n) is 3.82. The van der Waals surface area contributed by atoms with E-state index < -0.39 is 0 Å². The van der Waals surface area contributed by atoms with E-state index in [-0.39, 0.29) is 11.9 Å². The molecule has 1 amide bonds. The van der Waals surface area contributed by atoms with E-state index in [9.17, 15) is 4.79 Å². The summed E-state index contributed by atoms with van der Waals surface area (Å²) in [7, 11) is 0. The Bertz CT molecular complexity index is 813. The maximum atomic E-state index is 12.4. The molecule has 0 saturated carbocycles. The summed E-state index contributed by atoms with van der Waals surface area (Å²) < 4.78 is 1.84. The van der Waals surface area contributed by atoms with Gasteiger partial charge in [-0.1, -0.05) is 35.9 Å². The van der Waals surface area contributed by atoms with Crippen LogP contribution in [-0.2, 0) is 6.54 Å². The van der Waals surface area contributed by atoms with E-state index in [0.717, 1.165) is 11.1 Å². The highest BCUT2D eigenvalue weighted by Gasteiger charge is 2.11. The van der Waals surface area contributed by atoms with Gasteiger partial charge in [0.1, 0.15) is 0 Å². The van der Waals surface area contributed by atoms with Crippen molar-refractivity contribution in [3.05, 3.63) is 88.7 Å². The monoisotopic (exact) mass is 339 g/mol. The van der Waals surface area contributed by atoms with Gasteiger partial charge in [0.2, 0.25) is 0 Å². The molecule has 1 atom stereocenters. The number of amides is 1. The van der Waals surface area contributed by atoms with Crippen LogP contribution in [0.15, 0.2) is 67.0 Å². The lowest BCUT2D eigenvalue weighted by molar-refractivity contribution is 0.0940. The van der Waals surface area contributed by atoms with Gasteiger partial charge in [0.25, 0.3) is 5.91 Å². The summed E-state index contributed by atoms with van der Waals surface area (Å²) >= 11 is 6.00. The van der Waals surface area contributed by atoms with Crippen molar-refractivity contribution >= 4 is 17.5 Å². The number of aromatic nitrogens is 2. The second kappa shape index (κ2) is 7.32. The van der Waals surface area contributed by atoms with Crippen molar-refractivity contribution < 1.29 is 4.79 Å². The van der Waals surface area contributed by atoms with Gasteiger partial charge in [-0.25, -0.2) is 0 Å². The molecule has 0 saturated heterocycles. The summed E-state index contributed by atoms with van der Waals surface area (Å²) in [5, 5.41) is 7.83. The van der Waals surface area contributed by atoms with Gasteiger partial charge in [-0.05, 0) is 48.4 Å². The summed E-state index contributed by atoms with van der Waals surface area (Å²) in [6.45, 7) is 2.63. The summed E-state index contributed by atoms with van der Waals surface area (Å²) in [4.78, 5) is 12.4. The largest absolute Gasteiger partial charge is 0.346 e. The first-order chi connectivity index (χ1) is 11.6. The Kier molecular flexibility index (Phi) is 4.96. The Morgan fingerprint density at radius 3 is 2.67 bits per heavy atom. The summed E-state index contributed by atoms with van der Waals surface area (Å²) in [5.41, 5.74) is 2.71. The quantitative estimate of drug-likeness (QED) is 0.761. The topological polar surface area (TPSA) is 46.9 Å². The van der Waals surface area contributed by atoms with Crippen molar-refractivity contribution in [2.24, 2.45) is 0 Å². The molecule has 5 heteroatoms. The van der Waals surface area contributed by atoms with Crippen LogP contribution in [0, 0.1) is 0 Å². The number of nitrogens with one attached hydrogen (secondary N) is 1. The maximum Gasteiger partial charge on any atom is 0.251 e. The molecular weight excluding hydrogens is 322 g/mol. The van der Waals surface area contributed by atoms with Crippen LogP contribution >= 0.6 is 11.6 Å². The van der Waals surface area contributed by atoms with Crippen molar-refractivity contribution in [2.75, 3.05) is 0 Å². The molecule has 24 heavy (non-hydrogen) atoms. The van der Waals surface area contributed by atoms with Gasteiger partial charge in [0.15, 0.2) is 0 Å². The van der Waals surface area contributed by atoms with Crippen molar-refractivity contribution in [2.45, 2.75) is 19.5 Å². The van der Waals surface area contributed by atoms with Gasteiger partial charge in [0.05, 0.1) is 12.6 Å². The molecule has 0 fully saturated rings. The average molecular weight is 340 g/mol. The van der Waals surface area contributed by atoms with Gasteiger partial charge < -0.3 is 5.32 Å². The van der Waals surface area contributed by atoms with Gasteiger partial charge in [-0.15, -0.1) is 0 Å². The Morgan fingerprint density at radius 1 is 1.21 bits per heavy atom. The van der Waals surface area contributed by atoms with E-state index >= 15 is 0 Å². The molecule has 0 aliphatic heterocycles. The number of rotatable bonds is 5. The third-order valence-corrected chi connectivity index (χ3v) is 4.05. The van der Waals surface area contributed by atoms with E-state index in [2.05, 4.69) is 10.4 Å². The molecule has 0 aliphatic rings. The average Bonchev–Trinajstić information content (AvgIpc) is 3.08. The highest BCUT2D eigenvalue weighted by molar-refractivity contribution is 6.30. The van der Waals surface area contributed by atoms with Gasteiger partial charge in [0, 0.05) is 23.0 Å². The highest BCUT2D eigenvalue weighted by Crippen LogP contribution is 2.18. The second-order valence-corrected chi connectivity index (χ2v) is 6.09. The summed E-state index contributed by atoms with van der Waals surface area (Å²) in [5.74, 6) is -0.104. The van der Waals surface area contributed by atoms with E-state index in [1.165, 1.54) is 0 Å². The van der Waals surface area contributed by atoms with E-state index in [0.29, 0.717) is 17.1 Å². The Hall–Kier alpha value is -2.59. The van der Waals surface area contributed by atoms with Crippen molar-refractivity contribution in [3.8, 4) is 0 Å². The second-order valence-electron chi connectivity index (χ2n) is 5.65. The zero-order valence-electron chi connectivity index (χ0n) is 13.3. The molecule has 2 aromatic carbocycles. The number of benzene rings is 2. The van der Waals surface area contributed by atoms with Crippen molar-refractivity contribution in [3.63, 3.8) is 0 Å². The number of carbonyl (C=O) groups is 1. The lowest BCUT2D eigenvalue weighted by Crippen LogP contribution is -2.26. The fraction of sp³-hybridized carbons (Fsp3) is 0.158. The first-order valence-corrected chi connectivity index (χ1v) is 8.12. The van der Waals surface area contributed by atoms with Gasteiger partial charge in [-0.3, -0.25) is 9.48 Å². The zero-order valence-corrected chi connectivity index (χ0v) is 14.1. The summed E-state index contributed by atoms with van der Waals surface area (Å²) in [6, 6.07) is 16.8. The number of carbonyl (C=O) groups excluding carboxylic acids is 1. The first-order valence-electron chi connectivity index (χ1n) is 7.74. The lowest BCUT2D eigenvalue weighted by atomic mass is 10.1. The number of hydrogen-bond donors (Lipinski definition) is 1. The predicted molar refractivity (Wildman–Crippen MR) is 95.1 cm³/mol. The van der Waals surface area contributed by atoms with Crippen LogP contribution in [-0.4, -0.2) is 15.7 Å². The van der Waals surface area contributed by atoms with E-state index in [1.807, 2.05) is 72.4 Å². The molecule has 1 heterocycles. The van der Waals surface area contributed by atoms with Crippen LogP contribution in [0.25, 0.3) is 0 Å². The molecule has 4 nitrogen and oxygen atoms in total. The number of halogens is 1. The van der Waals surface area contributed by atoms with Crippen LogP contribution in [0.3, 0.4) is 0 Å². The molecular formula is C19H18ClN3O. The molecule has 1 unspecified atom stereocenters. The van der Waals surface area contributed by atoms with Gasteiger partial charge in [-0.2, -0.15) is 5.10 Å². The maximum absolute atomic E-state index is 12.4. The third kappa shape index (κ3) is 4.03. The standard InChI is InChI=1S/C19H18ClN3O/c1-14(17-4-2-5-18(20)12-17)22-19(24)16-8-6-15(7-9-16)13-23-11-3-10-21-23/h2-12,14H,13H2,1H3,(H,22,24). The molecule has 0 radical (unpaired) electrons. The van der Waals surface area contributed by atoms with Gasteiger partial charge >= 0.3 is 0 Å². The molecule has 1 N–H and O–H groups in total. The van der Waals surface area contributed by atoms with Crippen LogP contribution in [0.4, 0.5) is 0 Å². The molecule has 122 valence electrons. The Morgan fingerprint density at radius 2 is 2.00 bits per heavy atom. The van der Waals surface area contributed by atoms with Crippen LogP contribution < -0.4 is 5.32 Å². The molecule has 0 bridgehead atoms. The molecule has 1 aromatic heterocycles. The minimum Gasteiger partial charge on any atom is -0.346 e. The minimum absolute atomic E-state index is 0.104. The Labute approximate surface area is 146 Å².